The van der Waals surface area contributed by atoms with Gasteiger partial charge >= 0.3 is 17.8 Å². The first-order chi connectivity index (χ1) is 11.6. The number of amides is 2. The molecule has 0 aliphatic carbocycles. The van der Waals surface area contributed by atoms with Crippen molar-refractivity contribution < 1.29 is 19.5 Å². The van der Waals surface area contributed by atoms with Gasteiger partial charge in [0.15, 0.2) is 0 Å². The maximum absolute atomic E-state index is 11.6. The quantitative estimate of drug-likeness (QED) is 0.421. The molecule has 24 heavy (non-hydrogen) atoms. The van der Waals surface area contributed by atoms with Gasteiger partial charge in [-0.15, -0.1) is 0 Å². The number of rotatable bonds is 5. The average Bonchev–Trinajstić information content (AvgIpc) is 2.60. The topological polar surface area (TPSA) is 121 Å². The van der Waals surface area contributed by atoms with Gasteiger partial charge in [-0.25, -0.2) is 10.2 Å². The maximum atomic E-state index is 11.6. The molecule has 0 saturated heterocycles. The zero-order chi connectivity index (χ0) is 17.4. The van der Waals surface area contributed by atoms with Crippen LogP contribution in [0, 0.1) is 0 Å². The van der Waals surface area contributed by atoms with Crippen LogP contribution in [0.5, 0.6) is 0 Å². The second-order valence-corrected chi connectivity index (χ2v) is 4.60. The number of nitrogens with one attached hydrogen (secondary N) is 2. The first kappa shape index (κ1) is 16.8. The van der Waals surface area contributed by atoms with Crippen LogP contribution in [0.4, 0.5) is 0 Å². The third kappa shape index (κ3) is 4.73. The molecule has 2 rings (SSSR count). The maximum Gasteiger partial charge on any atom is 0.336 e. The van der Waals surface area contributed by atoms with Crippen molar-refractivity contribution in [2.75, 3.05) is 0 Å². The number of hydrogen-bond donors (Lipinski definition) is 3. The minimum absolute atomic E-state index is 0.0371. The van der Waals surface area contributed by atoms with Gasteiger partial charge in [0.05, 0.1) is 24.0 Å². The minimum Gasteiger partial charge on any atom is -0.478 e. The van der Waals surface area contributed by atoms with E-state index < -0.39 is 17.8 Å². The molecular formula is C16H14N4O4. The lowest BCUT2D eigenvalue weighted by Crippen LogP contribution is -2.37. The fraction of sp³-hybridized carbons (Fsp3) is 0.0625. The number of carboxylic acid groups (broad SMARTS) is 1. The Bertz CT molecular complexity index is 775. The van der Waals surface area contributed by atoms with Crippen LogP contribution in [0.25, 0.3) is 0 Å². The summed E-state index contributed by atoms with van der Waals surface area (Å²) in [4.78, 5) is 38.2. The highest BCUT2D eigenvalue weighted by molar-refractivity contribution is 6.35. The van der Waals surface area contributed by atoms with Crippen molar-refractivity contribution in [3.8, 4) is 0 Å². The normalized spacial score (nSPS) is 10.3. The van der Waals surface area contributed by atoms with Crippen LogP contribution in [0.2, 0.25) is 0 Å². The van der Waals surface area contributed by atoms with Crippen LogP contribution in [0.3, 0.4) is 0 Å². The summed E-state index contributed by atoms with van der Waals surface area (Å²) < 4.78 is 0. The van der Waals surface area contributed by atoms with E-state index in [-0.39, 0.29) is 12.1 Å². The molecule has 0 aliphatic rings. The fourth-order valence-electron chi connectivity index (χ4n) is 1.77. The summed E-state index contributed by atoms with van der Waals surface area (Å²) in [5.41, 5.74) is 2.99. The Labute approximate surface area is 137 Å². The molecule has 8 heteroatoms. The second kappa shape index (κ2) is 8.18. The predicted octanol–water partition coefficient (Wildman–Crippen LogP) is 0.546. The van der Waals surface area contributed by atoms with E-state index in [4.69, 9.17) is 5.11 Å². The van der Waals surface area contributed by atoms with Gasteiger partial charge in [0.25, 0.3) is 0 Å². The van der Waals surface area contributed by atoms with E-state index in [1.54, 1.807) is 36.5 Å². The lowest BCUT2D eigenvalue weighted by molar-refractivity contribution is -0.139. The Hall–Kier alpha value is -3.55. The second-order valence-electron chi connectivity index (χ2n) is 4.60. The molecule has 0 aliphatic heterocycles. The molecule has 1 aromatic carbocycles. The summed E-state index contributed by atoms with van der Waals surface area (Å²) in [7, 11) is 0. The van der Waals surface area contributed by atoms with Crippen molar-refractivity contribution in [1.82, 2.24) is 15.7 Å². The molecule has 1 aromatic heterocycles. The number of pyridine rings is 1. The number of carbonyl (C=O) groups is 3. The van der Waals surface area contributed by atoms with Gasteiger partial charge in [-0.05, 0) is 18.2 Å². The Morgan fingerprint density at radius 1 is 1.08 bits per heavy atom. The molecule has 2 aromatic rings. The lowest BCUT2D eigenvalue weighted by atomic mass is 10.1. The van der Waals surface area contributed by atoms with Crippen molar-refractivity contribution in [1.29, 1.82) is 0 Å². The van der Waals surface area contributed by atoms with Gasteiger partial charge in [-0.1, -0.05) is 24.3 Å². The van der Waals surface area contributed by atoms with Gasteiger partial charge in [0, 0.05) is 11.8 Å². The Kier molecular flexibility index (Phi) is 5.73. The molecule has 0 fully saturated rings. The van der Waals surface area contributed by atoms with Crippen LogP contribution in [0.15, 0.2) is 53.8 Å². The lowest BCUT2D eigenvalue weighted by Gasteiger charge is -2.03. The first-order valence-electron chi connectivity index (χ1n) is 6.91. The summed E-state index contributed by atoms with van der Waals surface area (Å²) in [6, 6.07) is 11.4. The summed E-state index contributed by atoms with van der Waals surface area (Å²) in [5.74, 6) is -2.95. The Morgan fingerprint density at radius 2 is 1.83 bits per heavy atom. The zero-order valence-corrected chi connectivity index (χ0v) is 12.5. The van der Waals surface area contributed by atoms with Gasteiger partial charge in [-0.2, -0.15) is 5.10 Å². The van der Waals surface area contributed by atoms with E-state index in [1.165, 1.54) is 12.1 Å². The van der Waals surface area contributed by atoms with E-state index in [2.05, 4.69) is 15.4 Å². The van der Waals surface area contributed by atoms with Gasteiger partial charge < -0.3 is 10.4 Å². The van der Waals surface area contributed by atoms with Crippen molar-refractivity contribution >= 4 is 24.0 Å². The number of aromatic nitrogens is 1. The molecule has 2 amide bonds. The summed E-state index contributed by atoms with van der Waals surface area (Å²) >= 11 is 0. The van der Waals surface area contributed by atoms with Crippen LogP contribution in [-0.2, 0) is 16.1 Å². The van der Waals surface area contributed by atoms with Gasteiger partial charge in [0.1, 0.15) is 0 Å². The molecule has 0 atom stereocenters. The number of hydrazone groups is 1. The average molecular weight is 326 g/mol. The van der Waals surface area contributed by atoms with Crippen LogP contribution < -0.4 is 10.7 Å². The summed E-state index contributed by atoms with van der Waals surface area (Å²) in [5, 5.41) is 15.0. The molecule has 0 unspecified atom stereocenters. The van der Waals surface area contributed by atoms with E-state index in [1.807, 2.05) is 5.43 Å². The predicted molar refractivity (Wildman–Crippen MR) is 85.2 cm³/mol. The highest BCUT2D eigenvalue weighted by Gasteiger charge is 2.12. The zero-order valence-electron chi connectivity index (χ0n) is 12.5. The third-order valence-corrected chi connectivity index (χ3v) is 2.92. The highest BCUT2D eigenvalue weighted by Crippen LogP contribution is 2.05. The fourth-order valence-corrected chi connectivity index (χ4v) is 1.77. The van der Waals surface area contributed by atoms with Crippen LogP contribution >= 0.6 is 0 Å². The van der Waals surface area contributed by atoms with Crippen LogP contribution in [0.1, 0.15) is 21.6 Å². The molecular weight excluding hydrogens is 312 g/mol. The van der Waals surface area contributed by atoms with Crippen molar-refractivity contribution in [2.24, 2.45) is 5.10 Å². The molecule has 8 nitrogen and oxygen atoms in total. The molecule has 0 spiro atoms. The van der Waals surface area contributed by atoms with Gasteiger partial charge in [-0.3, -0.25) is 14.6 Å². The number of carbonyl (C=O) groups excluding carboxylic acids is 2. The number of aromatic carboxylic acids is 1. The van der Waals surface area contributed by atoms with E-state index in [0.717, 1.165) is 6.21 Å². The molecule has 1 heterocycles. The van der Waals surface area contributed by atoms with E-state index in [9.17, 15) is 14.4 Å². The molecule has 0 radical (unpaired) electrons. The summed E-state index contributed by atoms with van der Waals surface area (Å²) in [6.07, 6.45) is 2.74. The van der Waals surface area contributed by atoms with Crippen LogP contribution in [-0.4, -0.2) is 34.1 Å². The number of carboxylic acids is 1. The van der Waals surface area contributed by atoms with E-state index >= 15 is 0 Å². The Morgan fingerprint density at radius 3 is 2.54 bits per heavy atom. The minimum atomic E-state index is -1.11. The molecule has 3 N–H and O–H groups in total. The molecule has 0 bridgehead atoms. The first-order valence-corrected chi connectivity index (χ1v) is 6.91. The SMILES string of the molecule is O=C(NCc1ccccn1)C(=O)N/N=C\c1ccccc1C(=O)O. The molecule has 0 saturated carbocycles. The van der Waals surface area contributed by atoms with Crippen molar-refractivity contribution in [3.05, 3.63) is 65.5 Å². The summed E-state index contributed by atoms with van der Waals surface area (Å²) in [6.45, 7) is 0.110. The van der Waals surface area contributed by atoms with Gasteiger partial charge in [0.2, 0.25) is 0 Å². The van der Waals surface area contributed by atoms with Crippen molar-refractivity contribution in [2.45, 2.75) is 6.54 Å². The number of hydrogen-bond acceptors (Lipinski definition) is 5. The molecule has 122 valence electrons. The number of nitrogens with zero attached hydrogens (tertiary/aromatic N) is 2. The highest BCUT2D eigenvalue weighted by atomic mass is 16.4. The largest absolute Gasteiger partial charge is 0.478 e. The third-order valence-electron chi connectivity index (χ3n) is 2.92. The van der Waals surface area contributed by atoms with E-state index in [0.29, 0.717) is 11.3 Å². The van der Waals surface area contributed by atoms with Crippen molar-refractivity contribution in [3.63, 3.8) is 0 Å². The Balaban J connectivity index is 1.88. The number of benzene rings is 1. The standard InChI is InChI=1S/C16H14N4O4/c21-14(18-10-12-6-3-4-8-17-12)15(22)20-19-9-11-5-1-2-7-13(11)16(23)24/h1-9H,10H2,(H,18,21)(H,20,22)(H,23,24)/b19-9-. The monoisotopic (exact) mass is 326 g/mol. The smallest absolute Gasteiger partial charge is 0.336 e.